The van der Waals surface area contributed by atoms with E-state index >= 15 is 0 Å². The Balaban J connectivity index is 2.76. The van der Waals surface area contributed by atoms with Crippen molar-refractivity contribution in [1.29, 1.82) is 0 Å². The number of benzene rings is 1. The minimum Gasteiger partial charge on any atom is -0.397 e. The van der Waals surface area contributed by atoms with Gasteiger partial charge in [0.05, 0.1) is 5.69 Å². The van der Waals surface area contributed by atoms with Gasteiger partial charge in [-0.15, -0.1) is 8.42 Å². The summed E-state index contributed by atoms with van der Waals surface area (Å²) in [5.41, 5.74) is 6.23. The molecule has 0 radical (unpaired) electrons. The van der Waals surface area contributed by atoms with E-state index in [9.17, 15) is 8.42 Å². The van der Waals surface area contributed by atoms with Crippen molar-refractivity contribution < 1.29 is 16.8 Å². The molecule has 14 heavy (non-hydrogen) atoms. The Hall–Kier alpha value is -1.14. The highest BCUT2D eigenvalue weighted by Gasteiger charge is 2.29. The van der Waals surface area contributed by atoms with E-state index in [0.29, 0.717) is 5.56 Å². The average Bonchev–Trinajstić information content (AvgIpc) is 2.06. The average molecular weight is 236 g/mol. The molecule has 1 aliphatic heterocycles. The lowest BCUT2D eigenvalue weighted by atomic mass is 10.2. The smallest absolute Gasteiger partial charge is 0.397 e. The van der Waals surface area contributed by atoms with E-state index < -0.39 is 10.4 Å². The maximum absolute atomic E-state index is 11.0. The summed E-state index contributed by atoms with van der Waals surface area (Å²) < 4.78 is 31.2. The van der Waals surface area contributed by atoms with Gasteiger partial charge in [0.1, 0.15) is 5.02 Å². The van der Waals surface area contributed by atoms with Crippen LogP contribution in [0.2, 0.25) is 5.02 Å². The van der Waals surface area contributed by atoms with Crippen LogP contribution in [-0.4, -0.2) is 8.42 Å². The van der Waals surface area contributed by atoms with Gasteiger partial charge in [0.2, 0.25) is 0 Å². The summed E-state index contributed by atoms with van der Waals surface area (Å²) in [7, 11) is -4.03. The van der Waals surface area contributed by atoms with Crippen molar-refractivity contribution in [3.05, 3.63) is 16.7 Å². The van der Waals surface area contributed by atoms with Crippen molar-refractivity contribution in [2.45, 2.75) is 6.92 Å². The van der Waals surface area contributed by atoms with Crippen molar-refractivity contribution in [1.82, 2.24) is 0 Å². The predicted octanol–water partition coefficient (Wildman–Crippen LogP) is 1.25. The van der Waals surface area contributed by atoms with Gasteiger partial charge in [-0.3, -0.25) is 0 Å². The molecule has 2 rings (SSSR count). The molecule has 0 unspecified atom stereocenters. The Morgan fingerprint density at radius 2 is 2.07 bits per heavy atom. The number of hydrogen-bond acceptors (Lipinski definition) is 5. The number of fused-ring (bicyclic) bond motifs is 2. The summed E-state index contributed by atoms with van der Waals surface area (Å²) in [5.74, 6) is 0.182. The van der Waals surface area contributed by atoms with E-state index in [-0.39, 0.29) is 22.2 Å². The normalized spacial score (nSPS) is 17.0. The second-order valence-corrected chi connectivity index (χ2v) is 4.33. The second kappa shape index (κ2) is 2.68. The van der Waals surface area contributed by atoms with E-state index in [2.05, 4.69) is 8.37 Å². The molecule has 0 saturated carbocycles. The van der Waals surface area contributed by atoms with Gasteiger partial charge in [-0.2, -0.15) is 0 Å². The van der Waals surface area contributed by atoms with Gasteiger partial charge in [-0.25, -0.2) is 0 Å². The predicted molar refractivity (Wildman–Crippen MR) is 50.8 cm³/mol. The number of nitrogen functional groups attached to an aromatic ring is 1. The lowest BCUT2D eigenvalue weighted by Gasteiger charge is -2.20. The summed E-state index contributed by atoms with van der Waals surface area (Å²) >= 11 is 5.76. The maximum Gasteiger partial charge on any atom is 0.501 e. The largest absolute Gasteiger partial charge is 0.501 e. The molecule has 0 saturated heterocycles. The van der Waals surface area contributed by atoms with Crippen molar-refractivity contribution in [3.63, 3.8) is 0 Å². The molecule has 1 heterocycles. The van der Waals surface area contributed by atoms with Crippen molar-refractivity contribution >= 4 is 27.7 Å². The zero-order valence-corrected chi connectivity index (χ0v) is 8.65. The molecule has 0 fully saturated rings. The molecule has 76 valence electrons. The van der Waals surface area contributed by atoms with Crippen LogP contribution in [0.4, 0.5) is 5.69 Å². The molecule has 0 amide bonds. The van der Waals surface area contributed by atoms with Gasteiger partial charge in [0, 0.05) is 11.6 Å². The summed E-state index contributed by atoms with van der Waals surface area (Å²) in [6, 6.07) is 1.35. The van der Waals surface area contributed by atoms with E-state index in [0.717, 1.165) is 0 Å². The molecule has 1 aliphatic rings. The fraction of sp³-hybridized carbons (Fsp3) is 0.143. The van der Waals surface area contributed by atoms with Crippen LogP contribution in [0.5, 0.6) is 11.5 Å². The van der Waals surface area contributed by atoms with Gasteiger partial charge in [0.25, 0.3) is 0 Å². The van der Waals surface area contributed by atoms with Crippen LogP contribution in [0.15, 0.2) is 6.07 Å². The van der Waals surface area contributed by atoms with E-state index in [1.165, 1.54) is 6.07 Å². The van der Waals surface area contributed by atoms with Crippen molar-refractivity contribution in [3.8, 4) is 11.5 Å². The van der Waals surface area contributed by atoms with Crippen LogP contribution in [0.1, 0.15) is 5.56 Å². The second-order valence-electron chi connectivity index (χ2n) is 2.81. The molecular weight excluding hydrogens is 230 g/mol. The third-order valence-corrected chi connectivity index (χ3v) is 2.97. The monoisotopic (exact) mass is 235 g/mol. The number of hydrogen-bond donors (Lipinski definition) is 1. The first-order chi connectivity index (χ1) is 6.41. The van der Waals surface area contributed by atoms with Crippen LogP contribution < -0.4 is 14.1 Å². The van der Waals surface area contributed by atoms with Crippen LogP contribution in [0, 0.1) is 6.92 Å². The molecule has 2 N–H and O–H groups in total. The topological polar surface area (TPSA) is 78.6 Å². The Kier molecular flexibility index (Phi) is 1.80. The Morgan fingerprint density at radius 3 is 2.71 bits per heavy atom. The summed E-state index contributed by atoms with van der Waals surface area (Å²) in [6.07, 6.45) is 0. The molecule has 7 heteroatoms. The van der Waals surface area contributed by atoms with Gasteiger partial charge in [0.15, 0.2) is 11.5 Å². The molecule has 0 atom stereocenters. The number of halogens is 1. The Labute approximate surface area is 85.7 Å². The molecule has 0 aliphatic carbocycles. The molecule has 1 aromatic rings. The summed E-state index contributed by atoms with van der Waals surface area (Å²) in [6.45, 7) is 1.63. The SMILES string of the molecule is Cc1c2cc(N)c(Cl)c1OS(=O)(=O)O2. The minimum absolute atomic E-state index is 0.0351. The van der Waals surface area contributed by atoms with Gasteiger partial charge in [-0.05, 0) is 6.92 Å². The minimum atomic E-state index is -4.03. The van der Waals surface area contributed by atoms with Crippen LogP contribution in [-0.2, 0) is 10.4 Å². The highest BCUT2D eigenvalue weighted by molar-refractivity contribution is 7.82. The van der Waals surface area contributed by atoms with Crippen LogP contribution in [0.25, 0.3) is 0 Å². The molecule has 1 aromatic carbocycles. The number of nitrogens with two attached hydrogens (primary N) is 1. The highest BCUT2D eigenvalue weighted by atomic mass is 35.5. The van der Waals surface area contributed by atoms with Crippen LogP contribution in [0.3, 0.4) is 0 Å². The Bertz CT molecular complexity index is 504. The first-order valence-electron chi connectivity index (χ1n) is 3.63. The van der Waals surface area contributed by atoms with Gasteiger partial charge in [-0.1, -0.05) is 11.6 Å². The van der Waals surface area contributed by atoms with E-state index in [4.69, 9.17) is 17.3 Å². The van der Waals surface area contributed by atoms with Crippen molar-refractivity contribution in [2.24, 2.45) is 0 Å². The third kappa shape index (κ3) is 1.27. The van der Waals surface area contributed by atoms with E-state index in [1.807, 2.05) is 0 Å². The Morgan fingerprint density at radius 1 is 1.43 bits per heavy atom. The summed E-state index contributed by atoms with van der Waals surface area (Å²) in [5, 5.41) is 0.0816. The van der Waals surface area contributed by atoms with Gasteiger partial charge < -0.3 is 14.1 Å². The highest BCUT2D eigenvalue weighted by Crippen LogP contribution is 2.43. The zero-order chi connectivity index (χ0) is 10.5. The quantitative estimate of drug-likeness (QED) is 0.685. The van der Waals surface area contributed by atoms with Crippen molar-refractivity contribution in [2.75, 3.05) is 5.73 Å². The van der Waals surface area contributed by atoms with Crippen LogP contribution >= 0.6 is 11.6 Å². The standard InChI is InChI=1S/C7H6ClNO4S/c1-3-5-2-4(9)6(8)7(3)13-14(10,11)12-5/h2H,9H2,1H3. The number of rotatable bonds is 0. The molecule has 5 nitrogen and oxygen atoms in total. The molecule has 0 spiro atoms. The lowest BCUT2D eigenvalue weighted by Crippen LogP contribution is -2.22. The third-order valence-electron chi connectivity index (χ3n) is 1.83. The molecule has 2 bridgehead atoms. The lowest BCUT2D eigenvalue weighted by molar-refractivity contribution is 0.375. The number of anilines is 1. The fourth-order valence-corrected chi connectivity index (χ4v) is 2.26. The fourth-order valence-electron chi connectivity index (χ4n) is 1.14. The molecular formula is C7H6ClNO4S. The first kappa shape index (κ1) is 9.42. The van der Waals surface area contributed by atoms with E-state index in [1.54, 1.807) is 6.92 Å². The zero-order valence-electron chi connectivity index (χ0n) is 7.07. The first-order valence-corrected chi connectivity index (χ1v) is 5.34. The maximum atomic E-state index is 11.0. The molecule has 0 aromatic heterocycles. The summed E-state index contributed by atoms with van der Waals surface area (Å²) in [4.78, 5) is 0. The van der Waals surface area contributed by atoms with Gasteiger partial charge >= 0.3 is 10.4 Å².